The molecular weight excluding hydrogens is 344 g/mol. The Bertz CT molecular complexity index is 1120. The summed E-state index contributed by atoms with van der Waals surface area (Å²) in [6, 6.07) is 8.87. The Hall–Kier alpha value is -2.57. The second-order valence-corrected chi connectivity index (χ2v) is 7.54. The van der Waals surface area contributed by atoms with Gasteiger partial charge in [-0.1, -0.05) is 12.1 Å². The first-order valence-corrected chi connectivity index (χ1v) is 8.98. The highest BCUT2D eigenvalue weighted by Gasteiger charge is 2.44. The fourth-order valence-corrected chi connectivity index (χ4v) is 4.17. The van der Waals surface area contributed by atoms with Gasteiger partial charge in [0.2, 0.25) is 5.43 Å². The van der Waals surface area contributed by atoms with Gasteiger partial charge in [0, 0.05) is 24.1 Å². The summed E-state index contributed by atoms with van der Waals surface area (Å²) < 4.78 is 13.7. The molecule has 0 bridgehead atoms. The number of ether oxygens (including phenoxy) is 2. The highest BCUT2D eigenvalue weighted by Crippen LogP contribution is 2.46. The van der Waals surface area contributed by atoms with E-state index in [0.717, 1.165) is 11.1 Å². The first kappa shape index (κ1) is 17.8. The summed E-state index contributed by atoms with van der Waals surface area (Å²) in [5.74, 6) is 1.08. The first-order valence-electron chi connectivity index (χ1n) is 8.98. The maximum Gasteiger partial charge on any atom is 0.200 e. The van der Waals surface area contributed by atoms with Gasteiger partial charge in [0.15, 0.2) is 0 Å². The summed E-state index contributed by atoms with van der Waals surface area (Å²) in [5.41, 5.74) is 1.43. The van der Waals surface area contributed by atoms with E-state index in [-0.39, 0.29) is 11.5 Å². The Morgan fingerprint density at radius 2 is 2.00 bits per heavy atom. The second-order valence-electron chi connectivity index (χ2n) is 7.54. The van der Waals surface area contributed by atoms with Gasteiger partial charge in [0.25, 0.3) is 0 Å². The number of hydrogen-bond acceptors (Lipinski definition) is 5. The van der Waals surface area contributed by atoms with Gasteiger partial charge in [-0.05, 0) is 33.0 Å². The number of aryl methyl sites for hydroxylation is 1. The molecule has 2 N–H and O–H groups in total. The van der Waals surface area contributed by atoms with Crippen LogP contribution in [0.2, 0.25) is 0 Å². The van der Waals surface area contributed by atoms with Gasteiger partial charge in [-0.2, -0.15) is 0 Å². The lowest BCUT2D eigenvalue weighted by Gasteiger charge is -2.42. The lowest BCUT2D eigenvalue weighted by molar-refractivity contribution is -0.0628. The largest absolute Gasteiger partial charge is 0.496 e. The molecule has 2 aromatic carbocycles. The summed E-state index contributed by atoms with van der Waals surface area (Å²) in [6.07, 6.45) is -0.784. The van der Waals surface area contributed by atoms with E-state index in [4.69, 9.17) is 9.47 Å². The quantitative estimate of drug-likeness (QED) is 0.680. The van der Waals surface area contributed by atoms with Gasteiger partial charge in [0.05, 0.1) is 29.6 Å². The number of aliphatic hydroxyl groups is 1. The van der Waals surface area contributed by atoms with Gasteiger partial charge < -0.3 is 24.5 Å². The topological polar surface area (TPSA) is 72.7 Å². The normalized spacial score (nSPS) is 21.1. The van der Waals surface area contributed by atoms with Crippen molar-refractivity contribution in [1.29, 1.82) is 0 Å². The molecule has 142 valence electrons. The third kappa shape index (κ3) is 2.37. The van der Waals surface area contributed by atoms with Crippen molar-refractivity contribution in [2.24, 2.45) is 7.05 Å². The number of pyridine rings is 1. The zero-order valence-corrected chi connectivity index (χ0v) is 16.2. The standard InChI is InChI=1S/C21H24N2O4/c1-21(2)20(25)17(22-3)15-14(27-21)10-13(26-5)16-18(15)23(4)12-9-7-6-8-11(12)19(16)24/h6-10,17,20,22,25H,1-5H3/t17-,20+/m0/s1. The van der Waals surface area contributed by atoms with E-state index in [1.54, 1.807) is 20.2 Å². The fraction of sp³-hybridized carbons (Fsp3) is 0.381. The number of fused-ring (bicyclic) bond motifs is 4. The Morgan fingerprint density at radius 3 is 2.67 bits per heavy atom. The molecule has 0 unspecified atom stereocenters. The Balaban J connectivity index is 2.25. The molecule has 0 saturated carbocycles. The third-order valence-electron chi connectivity index (χ3n) is 5.58. The second kappa shape index (κ2) is 5.97. The molecular formula is C21H24N2O4. The minimum absolute atomic E-state index is 0.0903. The van der Waals surface area contributed by atoms with Crippen LogP contribution in [0.5, 0.6) is 11.5 Å². The predicted molar refractivity (Wildman–Crippen MR) is 106 cm³/mol. The van der Waals surface area contributed by atoms with Crippen molar-refractivity contribution in [3.63, 3.8) is 0 Å². The molecule has 1 aliphatic heterocycles. The van der Waals surface area contributed by atoms with E-state index in [9.17, 15) is 9.90 Å². The zero-order chi connectivity index (χ0) is 19.5. The first-order chi connectivity index (χ1) is 12.8. The van der Waals surface area contributed by atoms with Crippen LogP contribution in [0.4, 0.5) is 0 Å². The molecule has 3 aromatic rings. The van der Waals surface area contributed by atoms with Crippen LogP contribution < -0.4 is 20.2 Å². The van der Waals surface area contributed by atoms with E-state index in [0.29, 0.717) is 27.8 Å². The number of benzene rings is 2. The maximum absolute atomic E-state index is 13.3. The Labute approximate surface area is 157 Å². The lowest BCUT2D eigenvalue weighted by Crippen LogP contribution is -2.52. The average molecular weight is 368 g/mol. The Kier molecular flexibility index (Phi) is 3.94. The van der Waals surface area contributed by atoms with Crippen molar-refractivity contribution in [3.05, 3.63) is 46.1 Å². The van der Waals surface area contributed by atoms with Gasteiger partial charge in [-0.3, -0.25) is 4.79 Å². The monoisotopic (exact) mass is 368 g/mol. The number of hydrogen-bond donors (Lipinski definition) is 2. The smallest absolute Gasteiger partial charge is 0.200 e. The van der Waals surface area contributed by atoms with Crippen LogP contribution in [-0.4, -0.2) is 35.5 Å². The molecule has 0 radical (unpaired) electrons. The van der Waals surface area contributed by atoms with Crippen LogP contribution >= 0.6 is 0 Å². The van der Waals surface area contributed by atoms with Crippen LogP contribution in [-0.2, 0) is 7.05 Å². The van der Waals surface area contributed by atoms with E-state index in [2.05, 4.69) is 5.32 Å². The van der Waals surface area contributed by atoms with Crippen molar-refractivity contribution < 1.29 is 14.6 Å². The summed E-state index contributed by atoms with van der Waals surface area (Å²) in [4.78, 5) is 13.3. The lowest BCUT2D eigenvalue weighted by atomic mass is 9.85. The van der Waals surface area contributed by atoms with Crippen molar-refractivity contribution >= 4 is 21.8 Å². The molecule has 0 amide bonds. The van der Waals surface area contributed by atoms with Crippen LogP contribution in [0.15, 0.2) is 35.1 Å². The number of rotatable bonds is 2. The SMILES string of the molecule is CN[C@H]1c2c(cc(OC)c3c(=O)c4ccccc4n(C)c23)OC(C)(C)[C@@H]1O. The Morgan fingerprint density at radius 1 is 1.30 bits per heavy atom. The highest BCUT2D eigenvalue weighted by atomic mass is 16.5. The fourth-order valence-electron chi connectivity index (χ4n) is 4.17. The van der Waals surface area contributed by atoms with Crippen LogP contribution in [0.1, 0.15) is 25.5 Å². The molecule has 1 aliphatic rings. The van der Waals surface area contributed by atoms with Crippen molar-refractivity contribution in [3.8, 4) is 11.5 Å². The molecule has 6 nitrogen and oxygen atoms in total. The highest BCUT2D eigenvalue weighted by molar-refractivity contribution is 5.99. The molecule has 2 atom stereocenters. The number of para-hydroxylation sites is 1. The summed E-state index contributed by atoms with van der Waals surface area (Å²) in [6.45, 7) is 3.70. The van der Waals surface area contributed by atoms with E-state index >= 15 is 0 Å². The van der Waals surface area contributed by atoms with Gasteiger partial charge in [0.1, 0.15) is 23.2 Å². The maximum atomic E-state index is 13.3. The number of nitrogens with one attached hydrogen (secondary N) is 1. The van der Waals surface area contributed by atoms with Crippen LogP contribution in [0, 0.1) is 0 Å². The average Bonchev–Trinajstić information content (AvgIpc) is 2.65. The summed E-state index contributed by atoms with van der Waals surface area (Å²) >= 11 is 0. The van der Waals surface area contributed by atoms with E-state index in [1.807, 2.05) is 49.7 Å². The molecule has 0 fully saturated rings. The predicted octanol–water partition coefficient (Wildman–Crippen LogP) is 2.49. The van der Waals surface area contributed by atoms with Crippen LogP contribution in [0.25, 0.3) is 21.8 Å². The number of aliphatic hydroxyl groups excluding tert-OH is 1. The molecule has 4 rings (SSSR count). The van der Waals surface area contributed by atoms with Crippen molar-refractivity contribution in [1.82, 2.24) is 9.88 Å². The molecule has 1 aromatic heterocycles. The number of aromatic nitrogens is 1. The van der Waals surface area contributed by atoms with Crippen LogP contribution in [0.3, 0.4) is 0 Å². The molecule has 2 heterocycles. The summed E-state index contributed by atoms with van der Waals surface area (Å²) in [5, 5.41) is 15.2. The molecule has 0 saturated heterocycles. The van der Waals surface area contributed by atoms with Gasteiger partial charge >= 0.3 is 0 Å². The van der Waals surface area contributed by atoms with Gasteiger partial charge in [-0.25, -0.2) is 0 Å². The molecule has 6 heteroatoms. The third-order valence-corrected chi connectivity index (χ3v) is 5.58. The minimum Gasteiger partial charge on any atom is -0.496 e. The van der Waals surface area contributed by atoms with E-state index < -0.39 is 11.7 Å². The van der Waals surface area contributed by atoms with Crippen molar-refractivity contribution in [2.45, 2.75) is 31.6 Å². The van der Waals surface area contributed by atoms with Gasteiger partial charge in [-0.15, -0.1) is 0 Å². The summed E-state index contributed by atoms with van der Waals surface area (Å²) in [7, 11) is 5.27. The number of nitrogens with zero attached hydrogens (tertiary/aromatic N) is 1. The molecule has 0 spiro atoms. The zero-order valence-electron chi connectivity index (χ0n) is 16.2. The van der Waals surface area contributed by atoms with E-state index in [1.165, 1.54) is 0 Å². The minimum atomic E-state index is -0.784. The molecule has 0 aliphatic carbocycles. The molecule has 27 heavy (non-hydrogen) atoms. The number of likely N-dealkylation sites (N-methyl/N-ethyl adjacent to an activating group) is 1. The number of methoxy groups -OCH3 is 1. The van der Waals surface area contributed by atoms with Crippen molar-refractivity contribution in [2.75, 3.05) is 14.2 Å².